The van der Waals surface area contributed by atoms with E-state index >= 15 is 0 Å². The molecule has 0 unspecified atom stereocenters. The molecule has 0 atom stereocenters. The lowest BCUT2D eigenvalue weighted by Crippen LogP contribution is -2.37. The monoisotopic (exact) mass is 524 g/mol. The molecule has 0 aliphatic carbocycles. The van der Waals surface area contributed by atoms with Gasteiger partial charge in [-0.3, -0.25) is 25.0 Å². The van der Waals surface area contributed by atoms with Crippen LogP contribution >= 0.6 is 23.8 Å². The highest BCUT2D eigenvalue weighted by Gasteiger charge is 2.24. The molecule has 36 heavy (non-hydrogen) atoms. The van der Waals surface area contributed by atoms with Crippen molar-refractivity contribution >= 4 is 57.7 Å². The second-order valence-electron chi connectivity index (χ2n) is 7.85. The number of rotatable bonds is 6. The Morgan fingerprint density at radius 3 is 2.42 bits per heavy atom. The van der Waals surface area contributed by atoms with Crippen LogP contribution in [0.2, 0.25) is 5.02 Å². The average molecular weight is 525 g/mol. The number of hydrogen-bond donors (Lipinski definition) is 2. The van der Waals surface area contributed by atoms with Gasteiger partial charge in [0.1, 0.15) is 5.69 Å². The van der Waals surface area contributed by atoms with Gasteiger partial charge >= 0.3 is 0 Å². The molecule has 1 fully saturated rings. The Hall–Kier alpha value is -3.86. The predicted molar refractivity (Wildman–Crippen MR) is 141 cm³/mol. The Kier molecular flexibility index (Phi) is 7.89. The maximum atomic E-state index is 13.0. The van der Waals surface area contributed by atoms with E-state index in [2.05, 4.69) is 10.6 Å². The van der Waals surface area contributed by atoms with Crippen molar-refractivity contribution in [2.75, 3.05) is 36.5 Å². The summed E-state index contributed by atoms with van der Waals surface area (Å²) >= 11 is 11.4. The predicted octanol–water partition coefficient (Wildman–Crippen LogP) is 4.44. The van der Waals surface area contributed by atoms with Crippen LogP contribution in [0.25, 0.3) is 0 Å². The topological polar surface area (TPSA) is 114 Å². The van der Waals surface area contributed by atoms with Crippen molar-refractivity contribution in [1.29, 1.82) is 0 Å². The summed E-state index contributed by atoms with van der Waals surface area (Å²) in [6, 6.07) is 17.6. The lowest BCUT2D eigenvalue weighted by molar-refractivity contribution is -0.384. The van der Waals surface area contributed by atoms with Gasteiger partial charge in [-0.1, -0.05) is 41.9 Å². The van der Waals surface area contributed by atoms with Crippen molar-refractivity contribution in [2.24, 2.45) is 0 Å². The number of nitro groups is 1. The van der Waals surface area contributed by atoms with Crippen LogP contribution in [0.5, 0.6) is 0 Å². The first-order valence-electron chi connectivity index (χ1n) is 11.0. The molecule has 0 spiro atoms. The maximum Gasteiger partial charge on any atom is 0.293 e. The highest BCUT2D eigenvalue weighted by molar-refractivity contribution is 7.80. The first-order chi connectivity index (χ1) is 17.3. The van der Waals surface area contributed by atoms with Gasteiger partial charge in [0.2, 0.25) is 0 Å². The van der Waals surface area contributed by atoms with Gasteiger partial charge in [0.25, 0.3) is 11.6 Å². The van der Waals surface area contributed by atoms with E-state index < -0.39 is 10.8 Å². The van der Waals surface area contributed by atoms with E-state index in [0.717, 1.165) is 0 Å². The van der Waals surface area contributed by atoms with Gasteiger partial charge in [0, 0.05) is 40.9 Å². The standard InChI is InChI=1S/C25H21ClN4O5S/c26-18-7-8-20(19(15-18)23(31)16-4-2-1-3-5-16)27-25(36)28-24(32)17-6-9-21(22(14-17)30(33)34)29-10-12-35-13-11-29/h1-9,14-15H,10-13H2,(H2,27,28,32,36). The number of anilines is 2. The van der Waals surface area contributed by atoms with E-state index in [9.17, 15) is 19.7 Å². The highest BCUT2D eigenvalue weighted by Crippen LogP contribution is 2.30. The molecule has 4 rings (SSSR count). The number of morpholine rings is 1. The zero-order valence-corrected chi connectivity index (χ0v) is 20.5. The van der Waals surface area contributed by atoms with Gasteiger partial charge < -0.3 is 15.0 Å². The molecule has 184 valence electrons. The zero-order valence-electron chi connectivity index (χ0n) is 18.9. The molecule has 1 aliphatic rings. The summed E-state index contributed by atoms with van der Waals surface area (Å²) in [6.07, 6.45) is 0. The van der Waals surface area contributed by atoms with Crippen molar-refractivity contribution in [2.45, 2.75) is 0 Å². The number of thiocarbonyl (C=S) groups is 1. The van der Waals surface area contributed by atoms with Gasteiger partial charge in [-0.25, -0.2) is 0 Å². The zero-order chi connectivity index (χ0) is 25.7. The van der Waals surface area contributed by atoms with Crippen LogP contribution < -0.4 is 15.5 Å². The third-order valence-corrected chi connectivity index (χ3v) is 5.96. The van der Waals surface area contributed by atoms with Crippen molar-refractivity contribution in [3.8, 4) is 0 Å². The minimum absolute atomic E-state index is 0.0690. The van der Waals surface area contributed by atoms with Crippen LogP contribution in [0.15, 0.2) is 66.7 Å². The summed E-state index contributed by atoms with van der Waals surface area (Å²) in [7, 11) is 0. The SMILES string of the molecule is O=C(NC(=S)Nc1ccc(Cl)cc1C(=O)c1ccccc1)c1ccc(N2CCOCC2)c([N+](=O)[O-])c1. The first kappa shape index (κ1) is 25.2. The molecule has 11 heteroatoms. The fraction of sp³-hybridized carbons (Fsp3) is 0.160. The van der Waals surface area contributed by atoms with Crippen LogP contribution in [-0.2, 0) is 4.74 Å². The van der Waals surface area contributed by atoms with Crippen molar-refractivity contribution < 1.29 is 19.2 Å². The Morgan fingerprint density at radius 2 is 1.72 bits per heavy atom. The lowest BCUT2D eigenvalue weighted by atomic mass is 10.0. The largest absolute Gasteiger partial charge is 0.378 e. The third-order valence-electron chi connectivity index (χ3n) is 5.52. The molecule has 0 saturated carbocycles. The molecular weight excluding hydrogens is 504 g/mol. The number of nitrogens with one attached hydrogen (secondary N) is 2. The molecule has 9 nitrogen and oxygen atoms in total. The van der Waals surface area contributed by atoms with Gasteiger partial charge in [-0.2, -0.15) is 0 Å². The fourth-order valence-electron chi connectivity index (χ4n) is 3.77. The summed E-state index contributed by atoms with van der Waals surface area (Å²) in [4.78, 5) is 38.8. The van der Waals surface area contributed by atoms with Crippen LogP contribution in [0.3, 0.4) is 0 Å². The number of carbonyl (C=O) groups excluding carboxylic acids is 2. The minimum atomic E-state index is -0.631. The quantitative estimate of drug-likeness (QED) is 0.210. The van der Waals surface area contributed by atoms with Crippen molar-refractivity contribution in [3.05, 3.63) is 98.6 Å². The molecular formula is C25H21ClN4O5S. The van der Waals surface area contributed by atoms with Crippen molar-refractivity contribution in [3.63, 3.8) is 0 Å². The number of hydrogen-bond acceptors (Lipinski definition) is 7. The van der Waals surface area contributed by atoms with Crippen LogP contribution in [0.4, 0.5) is 17.1 Å². The molecule has 3 aromatic carbocycles. The maximum absolute atomic E-state index is 13.0. The second-order valence-corrected chi connectivity index (χ2v) is 8.70. The number of amides is 1. The van der Waals surface area contributed by atoms with Gasteiger partial charge in [-0.05, 0) is 42.5 Å². The normalized spacial score (nSPS) is 13.1. The highest BCUT2D eigenvalue weighted by atomic mass is 35.5. The summed E-state index contributed by atoms with van der Waals surface area (Å²) < 4.78 is 5.31. The van der Waals surface area contributed by atoms with E-state index in [1.54, 1.807) is 48.5 Å². The number of benzene rings is 3. The molecule has 1 amide bonds. The van der Waals surface area contributed by atoms with E-state index in [1.807, 2.05) is 4.90 Å². The van der Waals surface area contributed by atoms with Crippen molar-refractivity contribution in [1.82, 2.24) is 5.32 Å². The summed E-state index contributed by atoms with van der Waals surface area (Å²) in [5.41, 5.74) is 1.40. The number of halogens is 1. The van der Waals surface area contributed by atoms with E-state index in [1.165, 1.54) is 18.2 Å². The minimum Gasteiger partial charge on any atom is -0.378 e. The number of ketones is 1. The van der Waals surface area contributed by atoms with Crippen LogP contribution in [0.1, 0.15) is 26.3 Å². The molecule has 1 saturated heterocycles. The summed E-state index contributed by atoms with van der Waals surface area (Å²) in [5.74, 6) is -0.905. The third kappa shape index (κ3) is 5.85. The average Bonchev–Trinajstić information content (AvgIpc) is 2.89. The Balaban J connectivity index is 1.51. The number of nitro benzene ring substituents is 1. The molecule has 3 aromatic rings. The molecule has 1 heterocycles. The van der Waals surface area contributed by atoms with E-state index in [0.29, 0.717) is 48.3 Å². The van der Waals surface area contributed by atoms with E-state index in [4.69, 9.17) is 28.6 Å². The fourth-order valence-corrected chi connectivity index (χ4v) is 4.14. The molecule has 0 bridgehead atoms. The Bertz CT molecular complexity index is 1330. The molecule has 0 aromatic heterocycles. The number of ether oxygens (including phenoxy) is 1. The van der Waals surface area contributed by atoms with Gasteiger partial charge in [0.05, 0.1) is 23.8 Å². The second kappa shape index (κ2) is 11.3. The van der Waals surface area contributed by atoms with Crippen LogP contribution in [-0.4, -0.2) is 48.0 Å². The Morgan fingerprint density at radius 1 is 1.00 bits per heavy atom. The van der Waals surface area contributed by atoms with Gasteiger partial charge in [-0.15, -0.1) is 0 Å². The number of nitrogens with zero attached hydrogens (tertiary/aromatic N) is 2. The molecule has 1 aliphatic heterocycles. The first-order valence-corrected chi connectivity index (χ1v) is 11.7. The summed E-state index contributed by atoms with van der Waals surface area (Å²) in [6.45, 7) is 1.98. The van der Waals surface area contributed by atoms with Crippen LogP contribution in [0, 0.1) is 10.1 Å². The van der Waals surface area contributed by atoms with E-state index in [-0.39, 0.29) is 27.7 Å². The number of carbonyl (C=O) groups is 2. The molecule has 0 radical (unpaired) electrons. The summed E-state index contributed by atoms with van der Waals surface area (Å²) in [5, 5.41) is 17.3. The molecule has 2 N–H and O–H groups in total. The smallest absolute Gasteiger partial charge is 0.293 e. The Labute approximate surface area is 217 Å². The van der Waals surface area contributed by atoms with Gasteiger partial charge in [0.15, 0.2) is 10.9 Å². The lowest BCUT2D eigenvalue weighted by Gasteiger charge is -2.28.